The molecule has 0 aliphatic rings. The van der Waals surface area contributed by atoms with Crippen molar-refractivity contribution in [2.45, 2.75) is 0 Å². The van der Waals surface area contributed by atoms with Gasteiger partial charge in [-0.05, 0) is 55.3 Å². The second-order valence-electron chi connectivity index (χ2n) is 9.53. The lowest BCUT2D eigenvalue weighted by Gasteiger charge is -2.24. The van der Waals surface area contributed by atoms with Gasteiger partial charge in [0.15, 0.2) is 0 Å². The number of rotatable bonds is 4. The summed E-state index contributed by atoms with van der Waals surface area (Å²) in [4.78, 5) is 4.80. The fourth-order valence-electron chi connectivity index (χ4n) is 5.53. The lowest BCUT2D eigenvalue weighted by Crippen LogP contribution is -2.24. The van der Waals surface area contributed by atoms with Crippen LogP contribution in [0.3, 0.4) is 0 Å². The van der Waals surface area contributed by atoms with E-state index in [1.165, 1.54) is 54.0 Å². The van der Waals surface area contributed by atoms with Gasteiger partial charge in [-0.3, -0.25) is 4.98 Å². The fraction of sp³-hybridized carbons (Fsp3) is 0. The van der Waals surface area contributed by atoms with Crippen LogP contribution in [0.1, 0.15) is 0 Å². The first-order valence-electron chi connectivity index (χ1n) is 12.7. The molecule has 0 N–H and O–H groups in total. The van der Waals surface area contributed by atoms with Crippen LogP contribution in [0, 0.1) is 0 Å². The minimum absolute atomic E-state index is 1.04. The van der Waals surface area contributed by atoms with Crippen LogP contribution in [-0.4, -0.2) is 4.98 Å². The van der Waals surface area contributed by atoms with Crippen LogP contribution < -0.4 is 15.9 Å². The normalized spacial score (nSPS) is 11.8. The van der Waals surface area contributed by atoms with E-state index < -0.39 is 6.04 Å². The molecule has 7 rings (SSSR count). The second-order valence-corrected chi connectivity index (χ2v) is 13.9. The number of aromatic nitrogens is 1. The summed E-state index contributed by atoms with van der Waals surface area (Å²) in [7, 11) is 0. The number of fused-ring (bicyclic) bond motifs is 6. The van der Waals surface area contributed by atoms with Crippen LogP contribution in [0.2, 0.25) is 0 Å². The Morgan fingerprint density at radius 1 is 0.421 bits per heavy atom. The van der Waals surface area contributed by atoms with Crippen molar-refractivity contribution in [3.8, 4) is 11.1 Å². The molecule has 0 aliphatic carbocycles. The third-order valence-electron chi connectivity index (χ3n) is 7.39. The van der Waals surface area contributed by atoms with Crippen molar-refractivity contribution < 1.29 is 0 Å². The highest BCUT2D eigenvalue weighted by Gasteiger charge is 2.24. The Bertz CT molecular complexity index is 1900. The van der Waals surface area contributed by atoms with E-state index in [4.69, 9.17) is 16.8 Å². The van der Waals surface area contributed by atoms with Gasteiger partial charge in [0.25, 0.3) is 0 Å². The second kappa shape index (κ2) is 9.33. The molecule has 0 bridgehead atoms. The van der Waals surface area contributed by atoms with Gasteiger partial charge >= 0.3 is 0 Å². The summed E-state index contributed by atoms with van der Waals surface area (Å²) in [5.41, 5.74) is 3.40. The van der Waals surface area contributed by atoms with E-state index in [2.05, 4.69) is 133 Å². The van der Waals surface area contributed by atoms with E-state index >= 15 is 0 Å². The van der Waals surface area contributed by atoms with Gasteiger partial charge in [0.05, 0.1) is 5.52 Å². The summed E-state index contributed by atoms with van der Waals surface area (Å²) in [6.45, 7) is 0. The number of benzene rings is 6. The van der Waals surface area contributed by atoms with Crippen LogP contribution in [0.15, 0.2) is 146 Å². The van der Waals surface area contributed by atoms with Crippen molar-refractivity contribution in [2.24, 2.45) is 0 Å². The van der Waals surface area contributed by atoms with E-state index in [1.54, 1.807) is 0 Å². The first kappa shape index (κ1) is 23.0. The first-order valence-corrected chi connectivity index (χ1v) is 15.6. The van der Waals surface area contributed by atoms with Crippen LogP contribution in [-0.2, 0) is 11.8 Å². The molecule has 0 amide bonds. The minimum Gasteiger partial charge on any atom is -0.256 e. The largest absolute Gasteiger partial charge is 0.256 e. The maximum atomic E-state index is 6.53. The van der Waals surface area contributed by atoms with Crippen LogP contribution in [0.5, 0.6) is 0 Å². The summed E-state index contributed by atoms with van der Waals surface area (Å²) in [5, 5.41) is 9.73. The lowest BCUT2D eigenvalue weighted by molar-refractivity contribution is 1.43. The minimum atomic E-state index is -2.16. The molecule has 1 nitrogen and oxygen atoms in total. The Hall–Kier alpha value is -4.10. The van der Waals surface area contributed by atoms with Crippen molar-refractivity contribution in [1.29, 1.82) is 0 Å². The molecule has 0 radical (unpaired) electrons. The SMILES string of the molecule is S=P(c1ccccc1)(c1ccccc1)c1ccc(-c2ccc3c4ccccc4c4cccnc4c3c2)cc1. The molecular formula is C35H24NPS. The van der Waals surface area contributed by atoms with E-state index in [1.807, 2.05) is 12.3 Å². The Balaban J connectivity index is 1.38. The van der Waals surface area contributed by atoms with E-state index in [0.29, 0.717) is 0 Å². The molecule has 0 spiro atoms. The summed E-state index contributed by atoms with van der Waals surface area (Å²) in [5.74, 6) is 0. The van der Waals surface area contributed by atoms with Gasteiger partial charge in [0.1, 0.15) is 0 Å². The number of hydrogen-bond acceptors (Lipinski definition) is 2. The van der Waals surface area contributed by atoms with Crippen LogP contribution in [0.25, 0.3) is 43.6 Å². The third kappa shape index (κ3) is 3.69. The molecule has 180 valence electrons. The molecule has 0 fully saturated rings. The molecule has 6 aromatic carbocycles. The van der Waals surface area contributed by atoms with Crippen molar-refractivity contribution >= 4 is 66.2 Å². The van der Waals surface area contributed by atoms with Crippen molar-refractivity contribution in [3.63, 3.8) is 0 Å². The van der Waals surface area contributed by atoms with Gasteiger partial charge in [-0.1, -0.05) is 139 Å². The van der Waals surface area contributed by atoms with Crippen molar-refractivity contribution in [2.75, 3.05) is 0 Å². The van der Waals surface area contributed by atoms with Gasteiger partial charge in [0, 0.05) is 23.0 Å². The zero-order valence-electron chi connectivity index (χ0n) is 20.7. The molecule has 3 heteroatoms. The molecule has 0 saturated heterocycles. The zero-order valence-corrected chi connectivity index (χ0v) is 22.4. The van der Waals surface area contributed by atoms with Gasteiger partial charge in [-0.15, -0.1) is 0 Å². The maximum absolute atomic E-state index is 6.53. The van der Waals surface area contributed by atoms with E-state index in [0.717, 1.165) is 5.52 Å². The summed E-state index contributed by atoms with van der Waals surface area (Å²) in [6, 6.07) is 47.5. The molecule has 0 saturated carbocycles. The van der Waals surface area contributed by atoms with Gasteiger partial charge in [-0.2, -0.15) is 0 Å². The highest BCUT2D eigenvalue weighted by molar-refractivity contribution is 8.25. The third-order valence-corrected chi connectivity index (χ3v) is 12.4. The molecule has 1 aromatic heterocycles. The Morgan fingerprint density at radius 3 is 1.58 bits per heavy atom. The van der Waals surface area contributed by atoms with Crippen molar-refractivity contribution in [1.82, 2.24) is 4.98 Å². The van der Waals surface area contributed by atoms with Gasteiger partial charge in [0.2, 0.25) is 0 Å². The average molecular weight is 522 g/mol. The highest BCUT2D eigenvalue weighted by atomic mass is 32.4. The van der Waals surface area contributed by atoms with Crippen molar-refractivity contribution in [3.05, 3.63) is 146 Å². The van der Waals surface area contributed by atoms with E-state index in [-0.39, 0.29) is 0 Å². The van der Waals surface area contributed by atoms with Gasteiger partial charge < -0.3 is 0 Å². The summed E-state index contributed by atoms with van der Waals surface area (Å²) >= 11 is 6.53. The predicted octanol–water partition coefficient (Wildman–Crippen LogP) is 7.96. The molecular weight excluding hydrogens is 497 g/mol. The fourth-order valence-corrected chi connectivity index (χ4v) is 9.27. The number of pyridine rings is 1. The topological polar surface area (TPSA) is 12.9 Å². The molecule has 0 atom stereocenters. The average Bonchev–Trinajstić information content (AvgIpc) is 3.01. The number of hydrogen-bond donors (Lipinski definition) is 0. The van der Waals surface area contributed by atoms with Gasteiger partial charge in [-0.25, -0.2) is 0 Å². The Labute approximate surface area is 227 Å². The first-order chi connectivity index (χ1) is 18.7. The smallest absolute Gasteiger partial charge is 0.0786 e. The molecule has 7 aromatic rings. The van der Waals surface area contributed by atoms with Crippen LogP contribution >= 0.6 is 6.04 Å². The monoisotopic (exact) mass is 521 g/mol. The van der Waals surface area contributed by atoms with E-state index in [9.17, 15) is 0 Å². The molecule has 0 aliphatic heterocycles. The highest BCUT2D eigenvalue weighted by Crippen LogP contribution is 2.43. The Morgan fingerprint density at radius 2 is 0.921 bits per heavy atom. The zero-order chi connectivity index (χ0) is 25.5. The molecule has 0 unspecified atom stereocenters. The Kier molecular flexibility index (Phi) is 5.66. The predicted molar refractivity (Wildman–Crippen MR) is 168 cm³/mol. The van der Waals surface area contributed by atoms with Crippen LogP contribution in [0.4, 0.5) is 0 Å². The molecule has 1 heterocycles. The summed E-state index contributed by atoms with van der Waals surface area (Å²) < 4.78 is 0. The standard InChI is InChI=1S/C35H24NPS/c38-37(27-10-3-1-4-11-27,28-12-5-2-6-13-28)29-20-17-25(18-21-29)26-19-22-32-30-14-7-8-15-31(30)33-16-9-23-36-35(33)34(32)24-26/h1-24H. The summed E-state index contributed by atoms with van der Waals surface area (Å²) in [6.07, 6.45) is 1.89. The number of nitrogens with zero attached hydrogens (tertiary/aromatic N) is 1. The molecule has 38 heavy (non-hydrogen) atoms. The maximum Gasteiger partial charge on any atom is 0.0786 e. The lowest BCUT2D eigenvalue weighted by atomic mass is 9.94. The quantitative estimate of drug-likeness (QED) is 0.172.